The van der Waals surface area contributed by atoms with Gasteiger partial charge in [0.05, 0.1) is 7.11 Å². The van der Waals surface area contributed by atoms with Crippen molar-refractivity contribution in [2.24, 2.45) is 0 Å². The number of nitrogens with one attached hydrogen (secondary N) is 3. The second-order valence-electron chi connectivity index (χ2n) is 8.90. The molecule has 0 aliphatic heterocycles. The lowest BCUT2D eigenvalue weighted by atomic mass is 9.87. The van der Waals surface area contributed by atoms with Gasteiger partial charge in [-0.25, -0.2) is 0 Å². The molecule has 0 bridgehead atoms. The maximum atomic E-state index is 12.6. The zero-order valence-electron chi connectivity index (χ0n) is 19.7. The lowest BCUT2D eigenvalue weighted by Crippen LogP contribution is -2.34. The third-order valence-electron chi connectivity index (χ3n) is 5.35. The minimum Gasteiger partial charge on any atom is -0.496 e. The number of amides is 1. The molecule has 0 fully saturated rings. The summed E-state index contributed by atoms with van der Waals surface area (Å²) in [5, 5.41) is 14.9. The van der Waals surface area contributed by atoms with E-state index >= 15 is 0 Å². The average molecular weight is 494 g/mol. The lowest BCUT2D eigenvalue weighted by Gasteiger charge is -2.19. The first-order valence-electron chi connectivity index (χ1n) is 10.8. The molecule has 0 aromatic heterocycles. The number of anilines is 1. The van der Waals surface area contributed by atoms with E-state index in [2.05, 4.69) is 31.4 Å². The molecule has 0 atom stereocenters. The number of rotatable bonds is 6. The van der Waals surface area contributed by atoms with E-state index < -0.39 is 0 Å². The smallest absolute Gasteiger partial charge is 0.257 e. The number of halogens is 1. The minimum atomic E-state index is -0.283. The fraction of sp³-hybridized carbons (Fsp3) is 0.222. The van der Waals surface area contributed by atoms with Crippen LogP contribution in [0.15, 0.2) is 66.7 Å². The van der Waals surface area contributed by atoms with E-state index in [9.17, 15) is 4.79 Å². The summed E-state index contributed by atoms with van der Waals surface area (Å²) in [4.78, 5) is 12.6. The summed E-state index contributed by atoms with van der Waals surface area (Å²) in [5.74, 6) is 0.323. The van der Waals surface area contributed by atoms with Gasteiger partial charge in [0.25, 0.3) is 5.91 Å². The van der Waals surface area contributed by atoms with Crippen molar-refractivity contribution in [3.63, 3.8) is 0 Å². The molecule has 176 valence electrons. The Balaban J connectivity index is 1.65. The van der Waals surface area contributed by atoms with Crippen LogP contribution in [0.25, 0.3) is 0 Å². The van der Waals surface area contributed by atoms with Crippen molar-refractivity contribution in [2.75, 3.05) is 12.4 Å². The van der Waals surface area contributed by atoms with Crippen molar-refractivity contribution >= 4 is 46.2 Å². The van der Waals surface area contributed by atoms with Gasteiger partial charge in [-0.3, -0.25) is 10.1 Å². The summed E-state index contributed by atoms with van der Waals surface area (Å²) < 4.78 is 5.52. The number of carbonyl (C=O) groups excluding carboxylic acids is 1. The Hall–Kier alpha value is -3.22. The predicted molar refractivity (Wildman–Crippen MR) is 144 cm³/mol. The van der Waals surface area contributed by atoms with Gasteiger partial charge in [0.1, 0.15) is 5.75 Å². The SMILES string of the molecule is COc1cc(NC(=S)NC(=O)c2ccc(C(C)(C)C)cc2)ccc1CC(=N)c1ccccc1Cl. The average Bonchev–Trinajstić information content (AvgIpc) is 2.79. The molecule has 0 unspecified atom stereocenters. The van der Waals surface area contributed by atoms with Gasteiger partial charge < -0.3 is 15.5 Å². The molecule has 5 nitrogen and oxygen atoms in total. The van der Waals surface area contributed by atoms with Gasteiger partial charge in [0, 0.05) is 45.6 Å². The van der Waals surface area contributed by atoms with Crippen LogP contribution in [0, 0.1) is 5.41 Å². The van der Waals surface area contributed by atoms with Crippen LogP contribution < -0.4 is 15.4 Å². The monoisotopic (exact) mass is 493 g/mol. The molecule has 1 amide bonds. The van der Waals surface area contributed by atoms with Crippen molar-refractivity contribution in [2.45, 2.75) is 32.6 Å². The Kier molecular flexibility index (Phi) is 8.07. The number of thiocarbonyl (C=S) groups is 1. The highest BCUT2D eigenvalue weighted by Crippen LogP contribution is 2.26. The predicted octanol–water partition coefficient (Wildman–Crippen LogP) is 6.38. The number of hydrogen-bond acceptors (Lipinski definition) is 4. The van der Waals surface area contributed by atoms with Crippen LogP contribution in [0.4, 0.5) is 5.69 Å². The van der Waals surface area contributed by atoms with Crippen molar-refractivity contribution in [1.29, 1.82) is 5.41 Å². The Labute approximate surface area is 211 Å². The maximum Gasteiger partial charge on any atom is 0.257 e. The summed E-state index contributed by atoms with van der Waals surface area (Å²) in [7, 11) is 1.57. The van der Waals surface area contributed by atoms with Crippen molar-refractivity contribution in [3.8, 4) is 5.75 Å². The second kappa shape index (κ2) is 10.8. The first-order chi connectivity index (χ1) is 16.1. The first-order valence-corrected chi connectivity index (χ1v) is 11.6. The molecular weight excluding hydrogens is 466 g/mol. The van der Waals surface area contributed by atoms with Crippen LogP contribution in [-0.2, 0) is 11.8 Å². The summed E-state index contributed by atoms with van der Waals surface area (Å²) in [6.45, 7) is 6.38. The van der Waals surface area contributed by atoms with Gasteiger partial charge in [0.2, 0.25) is 0 Å². The molecule has 7 heteroatoms. The Bertz CT molecular complexity index is 1220. The molecule has 0 spiro atoms. The minimum absolute atomic E-state index is 0.0168. The molecule has 0 radical (unpaired) electrons. The van der Waals surface area contributed by atoms with Crippen LogP contribution in [0.3, 0.4) is 0 Å². The van der Waals surface area contributed by atoms with Crippen LogP contribution in [0.1, 0.15) is 47.8 Å². The van der Waals surface area contributed by atoms with E-state index in [0.29, 0.717) is 39.7 Å². The molecule has 3 N–H and O–H groups in total. The fourth-order valence-corrected chi connectivity index (χ4v) is 3.88. The van der Waals surface area contributed by atoms with Gasteiger partial charge in [-0.15, -0.1) is 0 Å². The lowest BCUT2D eigenvalue weighted by molar-refractivity contribution is 0.0977. The van der Waals surface area contributed by atoms with Gasteiger partial charge in [0.15, 0.2) is 5.11 Å². The molecule has 0 aliphatic carbocycles. The number of methoxy groups -OCH3 is 1. The van der Waals surface area contributed by atoms with E-state index in [1.165, 1.54) is 0 Å². The van der Waals surface area contributed by atoms with Crippen molar-refractivity contribution in [1.82, 2.24) is 5.32 Å². The van der Waals surface area contributed by atoms with Crippen LogP contribution in [0.5, 0.6) is 5.75 Å². The summed E-state index contributed by atoms with van der Waals surface area (Å²) >= 11 is 11.5. The zero-order valence-corrected chi connectivity index (χ0v) is 21.2. The second-order valence-corrected chi connectivity index (χ2v) is 9.71. The number of hydrogen-bond donors (Lipinski definition) is 3. The largest absolute Gasteiger partial charge is 0.496 e. The Morgan fingerprint density at radius 3 is 2.35 bits per heavy atom. The molecule has 0 saturated carbocycles. The normalized spacial score (nSPS) is 11.0. The van der Waals surface area contributed by atoms with E-state index in [-0.39, 0.29) is 16.4 Å². The Morgan fingerprint density at radius 1 is 1.06 bits per heavy atom. The quantitative estimate of drug-likeness (QED) is 0.275. The molecule has 34 heavy (non-hydrogen) atoms. The van der Waals surface area contributed by atoms with E-state index in [0.717, 1.165) is 11.1 Å². The highest BCUT2D eigenvalue weighted by Gasteiger charge is 2.15. The third kappa shape index (κ3) is 6.43. The molecule has 3 rings (SSSR count). The summed E-state index contributed by atoms with van der Waals surface area (Å²) in [5.41, 5.74) is 4.29. The van der Waals surface area contributed by atoms with E-state index in [1.54, 1.807) is 31.4 Å². The standard InChI is InChI=1S/C27H28ClN3O2S/c1-27(2,3)19-12-9-17(10-13-19)25(32)31-26(34)30-20-14-11-18(24(16-20)33-4)15-23(29)21-7-5-6-8-22(21)28/h5-14,16,29H,15H2,1-4H3,(H2,30,31,32,34). The van der Waals surface area contributed by atoms with Crippen LogP contribution in [-0.4, -0.2) is 23.8 Å². The van der Waals surface area contributed by atoms with Crippen LogP contribution in [0.2, 0.25) is 5.02 Å². The first kappa shape index (κ1) is 25.4. The number of benzene rings is 3. The van der Waals surface area contributed by atoms with Gasteiger partial charge in [-0.2, -0.15) is 0 Å². The topological polar surface area (TPSA) is 74.2 Å². The van der Waals surface area contributed by atoms with Crippen molar-refractivity contribution < 1.29 is 9.53 Å². The summed E-state index contributed by atoms with van der Waals surface area (Å²) in [6, 6.07) is 20.3. The highest BCUT2D eigenvalue weighted by atomic mass is 35.5. The molecule has 0 aliphatic rings. The fourth-order valence-electron chi connectivity index (χ4n) is 3.42. The summed E-state index contributed by atoms with van der Waals surface area (Å²) in [6.07, 6.45) is 0.360. The molecule has 3 aromatic rings. The molecule has 0 saturated heterocycles. The van der Waals surface area contributed by atoms with Crippen molar-refractivity contribution in [3.05, 3.63) is 94.0 Å². The van der Waals surface area contributed by atoms with Gasteiger partial charge in [-0.1, -0.05) is 68.8 Å². The Morgan fingerprint density at radius 2 is 1.74 bits per heavy atom. The van der Waals surface area contributed by atoms with E-state index in [4.69, 9.17) is 34.0 Å². The number of ether oxygens (including phenoxy) is 1. The molecule has 0 heterocycles. The number of carbonyl (C=O) groups is 1. The van der Waals surface area contributed by atoms with Crippen LogP contribution >= 0.6 is 23.8 Å². The van der Waals surface area contributed by atoms with Gasteiger partial charge in [-0.05, 0) is 47.5 Å². The zero-order chi connectivity index (χ0) is 24.9. The third-order valence-corrected chi connectivity index (χ3v) is 5.89. The highest BCUT2D eigenvalue weighted by molar-refractivity contribution is 7.80. The molecule has 3 aromatic carbocycles. The van der Waals surface area contributed by atoms with Gasteiger partial charge >= 0.3 is 0 Å². The van der Waals surface area contributed by atoms with E-state index in [1.807, 2.05) is 42.5 Å². The maximum absolute atomic E-state index is 12.6. The molecular formula is C27H28ClN3O2S.